The minimum Gasteiger partial charge on any atom is -0.172 e. The molecule has 0 atom stereocenters. The Morgan fingerprint density at radius 1 is 0.452 bits per heavy atom. The molecular formula is C26H16N2S3. The number of rotatable bonds is 4. The summed E-state index contributed by atoms with van der Waals surface area (Å²) in [7, 11) is 0. The molecule has 0 saturated heterocycles. The van der Waals surface area contributed by atoms with Crippen LogP contribution in [-0.2, 0) is 0 Å². The molecule has 0 aliphatic heterocycles. The van der Waals surface area contributed by atoms with Crippen LogP contribution in [0.2, 0.25) is 0 Å². The highest BCUT2D eigenvalue weighted by atomic mass is 32.1. The summed E-state index contributed by atoms with van der Waals surface area (Å²) < 4.78 is 9.45. The average molecular weight is 453 g/mol. The molecule has 3 aromatic carbocycles. The van der Waals surface area contributed by atoms with Gasteiger partial charge in [-0.1, -0.05) is 72.8 Å². The van der Waals surface area contributed by atoms with Crippen LogP contribution in [0.4, 0.5) is 0 Å². The summed E-state index contributed by atoms with van der Waals surface area (Å²) in [5.74, 6) is 0. The van der Waals surface area contributed by atoms with Crippen LogP contribution in [0.25, 0.3) is 54.2 Å². The second-order valence-corrected chi connectivity index (χ2v) is 9.54. The molecule has 0 fully saturated rings. The van der Waals surface area contributed by atoms with Gasteiger partial charge in [-0.15, -0.1) is 22.7 Å². The highest BCUT2D eigenvalue weighted by molar-refractivity contribution is 7.14. The molecule has 2 nitrogen and oxygen atoms in total. The van der Waals surface area contributed by atoms with E-state index in [2.05, 4.69) is 95.7 Å². The van der Waals surface area contributed by atoms with Crippen molar-refractivity contribution in [2.24, 2.45) is 0 Å². The monoisotopic (exact) mass is 452 g/mol. The molecule has 6 aromatic rings. The summed E-state index contributed by atoms with van der Waals surface area (Å²) >= 11 is 4.81. The smallest absolute Gasteiger partial charge is 0.114 e. The minimum atomic E-state index is 0.981. The van der Waals surface area contributed by atoms with Gasteiger partial charge in [0, 0.05) is 32.0 Å². The van der Waals surface area contributed by atoms with Crippen molar-refractivity contribution in [2.75, 3.05) is 0 Å². The molecule has 3 heterocycles. The molecule has 0 unspecified atom stereocenters. The zero-order valence-corrected chi connectivity index (χ0v) is 18.8. The number of nitrogens with zero attached hydrogens (tertiary/aromatic N) is 2. The zero-order valence-electron chi connectivity index (χ0n) is 16.4. The molecule has 5 heteroatoms. The second kappa shape index (κ2) is 7.85. The Hall–Kier alpha value is -3.12. The predicted molar refractivity (Wildman–Crippen MR) is 135 cm³/mol. The van der Waals surface area contributed by atoms with Gasteiger partial charge in [0.1, 0.15) is 11.0 Å². The van der Waals surface area contributed by atoms with Gasteiger partial charge < -0.3 is 0 Å². The third-order valence-corrected chi connectivity index (χ3v) is 7.83. The van der Waals surface area contributed by atoms with Crippen LogP contribution >= 0.6 is 34.4 Å². The molecule has 0 aliphatic carbocycles. The van der Waals surface area contributed by atoms with Gasteiger partial charge in [-0.3, -0.25) is 0 Å². The van der Waals surface area contributed by atoms with Gasteiger partial charge in [-0.25, -0.2) is 0 Å². The second-order valence-electron chi connectivity index (χ2n) is 7.18. The first-order chi connectivity index (χ1) is 15.4. The van der Waals surface area contributed by atoms with E-state index in [-0.39, 0.29) is 0 Å². The fourth-order valence-electron chi connectivity index (χ4n) is 3.96. The Bertz CT molecular complexity index is 1370. The average Bonchev–Trinajstić information content (AvgIpc) is 3.60. The van der Waals surface area contributed by atoms with Gasteiger partial charge in [-0.05, 0) is 34.0 Å². The standard InChI is InChI=1S/C26H16N2S3/c1-3-7-17(8-4-1)19-13-15-29-25(19)21-11-12-22(24-23(21)27-31-28-24)26-20(14-16-30-26)18-9-5-2-6-10-18/h1-16H. The van der Waals surface area contributed by atoms with Crippen LogP contribution in [0, 0.1) is 0 Å². The van der Waals surface area contributed by atoms with Gasteiger partial charge in [0.05, 0.1) is 11.7 Å². The van der Waals surface area contributed by atoms with Crippen LogP contribution in [0.5, 0.6) is 0 Å². The molecular weight excluding hydrogens is 437 g/mol. The third kappa shape index (κ3) is 3.22. The molecule has 0 spiro atoms. The topological polar surface area (TPSA) is 25.8 Å². The molecule has 0 saturated carbocycles. The zero-order chi connectivity index (χ0) is 20.6. The molecule has 0 aliphatic rings. The highest BCUT2D eigenvalue weighted by Gasteiger charge is 2.19. The van der Waals surface area contributed by atoms with Crippen molar-refractivity contribution in [2.45, 2.75) is 0 Å². The SMILES string of the molecule is c1ccc(-c2ccsc2-c2ccc(-c3sccc3-c3ccccc3)c3nsnc23)cc1. The highest BCUT2D eigenvalue weighted by Crippen LogP contribution is 2.44. The minimum absolute atomic E-state index is 0.981. The van der Waals surface area contributed by atoms with E-state index < -0.39 is 0 Å². The molecule has 0 radical (unpaired) electrons. The Kier molecular flexibility index (Phi) is 4.72. The van der Waals surface area contributed by atoms with E-state index in [0.717, 1.165) is 22.2 Å². The van der Waals surface area contributed by atoms with E-state index >= 15 is 0 Å². The number of benzene rings is 3. The van der Waals surface area contributed by atoms with Gasteiger partial charge in [-0.2, -0.15) is 8.75 Å². The fraction of sp³-hybridized carbons (Fsp3) is 0. The lowest BCUT2D eigenvalue weighted by atomic mass is 9.98. The summed E-state index contributed by atoms with van der Waals surface area (Å²) in [5, 5.41) is 4.31. The molecule has 148 valence electrons. The van der Waals surface area contributed by atoms with Gasteiger partial charge in [0.25, 0.3) is 0 Å². The lowest BCUT2D eigenvalue weighted by Crippen LogP contribution is -1.86. The lowest BCUT2D eigenvalue weighted by molar-refractivity contribution is 1.61. The molecule has 0 bridgehead atoms. The predicted octanol–water partition coefficient (Wildman–Crippen LogP) is 8.48. The molecule has 3 aromatic heterocycles. The largest absolute Gasteiger partial charge is 0.172 e. The van der Waals surface area contributed by atoms with Crippen molar-refractivity contribution < 1.29 is 0 Å². The van der Waals surface area contributed by atoms with Gasteiger partial charge in [0.15, 0.2) is 0 Å². The van der Waals surface area contributed by atoms with Crippen LogP contribution in [0.1, 0.15) is 0 Å². The van der Waals surface area contributed by atoms with Crippen molar-refractivity contribution in [3.8, 4) is 43.1 Å². The summed E-state index contributed by atoms with van der Waals surface area (Å²) in [5.41, 5.74) is 9.21. The van der Waals surface area contributed by atoms with Crippen molar-refractivity contribution in [3.63, 3.8) is 0 Å². The van der Waals surface area contributed by atoms with E-state index in [1.165, 1.54) is 43.7 Å². The van der Waals surface area contributed by atoms with Crippen molar-refractivity contribution in [1.82, 2.24) is 8.75 Å². The maximum atomic E-state index is 4.72. The first kappa shape index (κ1) is 18.6. The van der Waals surface area contributed by atoms with Crippen LogP contribution in [0.15, 0.2) is 95.7 Å². The number of fused-ring (bicyclic) bond motifs is 1. The van der Waals surface area contributed by atoms with E-state index in [1.54, 1.807) is 22.7 Å². The third-order valence-electron chi connectivity index (χ3n) is 5.40. The Labute approximate surface area is 192 Å². The van der Waals surface area contributed by atoms with E-state index in [9.17, 15) is 0 Å². The number of hydrogen-bond acceptors (Lipinski definition) is 5. The van der Waals surface area contributed by atoms with Gasteiger partial charge >= 0.3 is 0 Å². The maximum Gasteiger partial charge on any atom is 0.114 e. The summed E-state index contributed by atoms with van der Waals surface area (Å²) in [6, 6.07) is 29.9. The van der Waals surface area contributed by atoms with Crippen LogP contribution < -0.4 is 0 Å². The number of aromatic nitrogens is 2. The van der Waals surface area contributed by atoms with Gasteiger partial charge in [0.2, 0.25) is 0 Å². The summed E-state index contributed by atoms with van der Waals surface area (Å²) in [6.45, 7) is 0. The molecule has 31 heavy (non-hydrogen) atoms. The Morgan fingerprint density at radius 3 is 1.35 bits per heavy atom. The van der Waals surface area contributed by atoms with Crippen molar-refractivity contribution in [3.05, 3.63) is 95.7 Å². The lowest BCUT2D eigenvalue weighted by Gasteiger charge is -2.09. The first-order valence-electron chi connectivity index (χ1n) is 9.92. The van der Waals surface area contributed by atoms with Crippen LogP contribution in [-0.4, -0.2) is 8.75 Å². The molecule has 6 rings (SSSR count). The van der Waals surface area contributed by atoms with Crippen LogP contribution in [0.3, 0.4) is 0 Å². The Balaban J connectivity index is 1.52. The molecule has 0 N–H and O–H groups in total. The summed E-state index contributed by atoms with van der Waals surface area (Å²) in [4.78, 5) is 2.48. The van der Waals surface area contributed by atoms with E-state index in [4.69, 9.17) is 8.75 Å². The van der Waals surface area contributed by atoms with Crippen molar-refractivity contribution >= 4 is 45.4 Å². The maximum absolute atomic E-state index is 4.72. The Morgan fingerprint density at radius 2 is 0.903 bits per heavy atom. The quantitative estimate of drug-likeness (QED) is 0.268. The van der Waals surface area contributed by atoms with Crippen molar-refractivity contribution in [1.29, 1.82) is 0 Å². The summed E-state index contributed by atoms with van der Waals surface area (Å²) in [6.07, 6.45) is 0. The fourth-order valence-corrected chi connectivity index (χ4v) is 6.42. The number of hydrogen-bond donors (Lipinski definition) is 0. The molecule has 0 amide bonds. The first-order valence-corrected chi connectivity index (χ1v) is 12.4. The normalized spacial score (nSPS) is 11.2. The van der Waals surface area contributed by atoms with E-state index in [0.29, 0.717) is 0 Å². The number of thiophene rings is 2. The van der Waals surface area contributed by atoms with E-state index in [1.807, 2.05) is 0 Å².